The number of esters is 1. The molecular weight excluding hydrogens is 321 g/mol. The Morgan fingerprint density at radius 2 is 2.09 bits per heavy atom. The number of carbonyl (C=O) groups is 1. The minimum Gasteiger partial charge on any atom is -0.479 e. The molecule has 2 aliphatic rings. The van der Waals surface area contributed by atoms with Crippen LogP contribution in [0.5, 0.6) is 5.75 Å². The number of rotatable bonds is 3. The molecular formula is C17H13ClFNO3. The van der Waals surface area contributed by atoms with E-state index >= 15 is 0 Å². The first kappa shape index (κ1) is 15.6. The Balaban J connectivity index is 1.98. The van der Waals surface area contributed by atoms with Crippen LogP contribution in [0.15, 0.2) is 28.3 Å². The lowest BCUT2D eigenvalue weighted by Gasteiger charge is -2.10. The Morgan fingerprint density at radius 1 is 1.35 bits per heavy atom. The zero-order valence-corrected chi connectivity index (χ0v) is 13.0. The third-order valence-corrected chi connectivity index (χ3v) is 3.99. The summed E-state index contributed by atoms with van der Waals surface area (Å²) in [5.41, 5.74) is 1.40. The van der Waals surface area contributed by atoms with Crippen LogP contribution in [-0.4, -0.2) is 18.5 Å². The number of terminal acetylenes is 1. The number of carbonyl (C=O) groups excluding carboxylic acids is 1. The van der Waals surface area contributed by atoms with Gasteiger partial charge in [0, 0.05) is 17.2 Å². The first-order chi connectivity index (χ1) is 11.1. The molecule has 0 N–H and O–H groups in total. The molecule has 23 heavy (non-hydrogen) atoms. The van der Waals surface area contributed by atoms with Gasteiger partial charge in [-0.25, -0.2) is 14.2 Å². The van der Waals surface area contributed by atoms with E-state index in [2.05, 4.69) is 10.9 Å². The smallest absolute Gasteiger partial charge is 0.341 e. The molecule has 0 aromatic heterocycles. The van der Waals surface area contributed by atoms with Crippen molar-refractivity contribution in [3.8, 4) is 18.1 Å². The number of hydrogen-bond donors (Lipinski definition) is 0. The van der Waals surface area contributed by atoms with E-state index in [1.54, 1.807) is 0 Å². The van der Waals surface area contributed by atoms with E-state index in [1.807, 2.05) is 0 Å². The molecule has 0 saturated carbocycles. The summed E-state index contributed by atoms with van der Waals surface area (Å²) >= 11 is 5.91. The van der Waals surface area contributed by atoms with E-state index in [4.69, 9.17) is 27.5 Å². The van der Waals surface area contributed by atoms with E-state index < -0.39 is 11.8 Å². The topological polar surface area (TPSA) is 47.9 Å². The highest BCUT2D eigenvalue weighted by Gasteiger charge is 2.32. The standard InChI is InChI=1S/C17H13ClFNO3/c1-2-7-22-15-9-14(13(19)8-12(15)18)20-16-10-5-3-4-6-11(10)17(21)23-16/h1,8-9H,3-7H2. The van der Waals surface area contributed by atoms with Crippen LogP contribution in [0.4, 0.5) is 10.1 Å². The van der Waals surface area contributed by atoms with Crippen LogP contribution in [0.3, 0.4) is 0 Å². The maximum absolute atomic E-state index is 14.1. The molecule has 6 heteroatoms. The summed E-state index contributed by atoms with van der Waals surface area (Å²) in [6.07, 6.45) is 8.41. The van der Waals surface area contributed by atoms with Crippen molar-refractivity contribution in [3.63, 3.8) is 0 Å². The van der Waals surface area contributed by atoms with Crippen LogP contribution in [0.2, 0.25) is 5.02 Å². The van der Waals surface area contributed by atoms with Gasteiger partial charge < -0.3 is 9.47 Å². The van der Waals surface area contributed by atoms with Gasteiger partial charge in [-0.3, -0.25) is 0 Å². The van der Waals surface area contributed by atoms with Gasteiger partial charge in [-0.1, -0.05) is 17.5 Å². The van der Waals surface area contributed by atoms with Gasteiger partial charge >= 0.3 is 5.97 Å². The van der Waals surface area contributed by atoms with E-state index in [1.165, 1.54) is 6.07 Å². The summed E-state index contributed by atoms with van der Waals surface area (Å²) in [6.45, 7) is 0.00561. The summed E-state index contributed by atoms with van der Waals surface area (Å²) in [5, 5.41) is 0.0997. The molecule has 0 bridgehead atoms. The fraction of sp³-hybridized carbons (Fsp3) is 0.294. The number of ether oxygens (including phenoxy) is 2. The molecule has 1 aromatic rings. The Hall–Kier alpha value is -2.32. The summed E-state index contributed by atoms with van der Waals surface area (Å²) in [4.78, 5) is 16.0. The van der Waals surface area contributed by atoms with Gasteiger partial charge in [0.05, 0.1) is 5.02 Å². The second kappa shape index (κ2) is 6.43. The lowest BCUT2D eigenvalue weighted by atomic mass is 9.93. The highest BCUT2D eigenvalue weighted by atomic mass is 35.5. The highest BCUT2D eigenvalue weighted by molar-refractivity contribution is 6.32. The first-order valence-corrected chi connectivity index (χ1v) is 7.56. The molecule has 3 rings (SSSR count). The summed E-state index contributed by atoms with van der Waals surface area (Å²) < 4.78 is 24.5. The minimum atomic E-state index is -0.628. The maximum Gasteiger partial charge on any atom is 0.341 e. The Labute approximate surface area is 137 Å². The number of nitrogens with zero attached hydrogens (tertiary/aromatic N) is 1. The quantitative estimate of drug-likeness (QED) is 0.621. The van der Waals surface area contributed by atoms with Crippen molar-refractivity contribution in [2.24, 2.45) is 4.99 Å². The zero-order valence-electron chi connectivity index (χ0n) is 12.2. The SMILES string of the molecule is C#CCOc1cc(N=C2OC(=O)C3=C2CCCC3)c(F)cc1Cl. The number of halogens is 2. The molecule has 1 aromatic carbocycles. The second-order valence-corrected chi connectivity index (χ2v) is 5.60. The summed E-state index contributed by atoms with van der Waals surface area (Å²) in [7, 11) is 0. The molecule has 0 atom stereocenters. The van der Waals surface area contributed by atoms with Crippen molar-refractivity contribution in [2.45, 2.75) is 25.7 Å². The van der Waals surface area contributed by atoms with Gasteiger partial charge in [0.15, 0.2) is 5.82 Å². The van der Waals surface area contributed by atoms with Crippen molar-refractivity contribution in [3.05, 3.63) is 34.1 Å². The van der Waals surface area contributed by atoms with Crippen LogP contribution >= 0.6 is 11.6 Å². The van der Waals surface area contributed by atoms with Crippen molar-refractivity contribution < 1.29 is 18.7 Å². The van der Waals surface area contributed by atoms with Gasteiger partial charge in [-0.05, 0) is 31.7 Å². The van der Waals surface area contributed by atoms with Gasteiger partial charge in [0.2, 0.25) is 5.90 Å². The third-order valence-electron chi connectivity index (χ3n) is 3.70. The maximum atomic E-state index is 14.1. The van der Waals surface area contributed by atoms with Crippen molar-refractivity contribution in [2.75, 3.05) is 6.61 Å². The average Bonchev–Trinajstić information content (AvgIpc) is 2.85. The van der Waals surface area contributed by atoms with Gasteiger partial charge in [0.25, 0.3) is 0 Å². The van der Waals surface area contributed by atoms with Crippen molar-refractivity contribution in [1.29, 1.82) is 0 Å². The predicted octanol–water partition coefficient (Wildman–Crippen LogP) is 3.95. The van der Waals surface area contributed by atoms with Crippen LogP contribution in [0, 0.1) is 18.2 Å². The Kier molecular flexibility index (Phi) is 4.35. The molecule has 0 fully saturated rings. The molecule has 1 aliphatic carbocycles. The Bertz CT molecular complexity index is 777. The lowest BCUT2D eigenvalue weighted by molar-refractivity contribution is -0.130. The average molecular weight is 334 g/mol. The molecule has 0 radical (unpaired) electrons. The predicted molar refractivity (Wildman–Crippen MR) is 84.4 cm³/mol. The monoisotopic (exact) mass is 333 g/mol. The molecule has 0 amide bonds. The van der Waals surface area contributed by atoms with Crippen LogP contribution in [0.1, 0.15) is 25.7 Å². The molecule has 1 aliphatic heterocycles. The van der Waals surface area contributed by atoms with E-state index in [9.17, 15) is 9.18 Å². The fourth-order valence-electron chi connectivity index (χ4n) is 2.61. The first-order valence-electron chi connectivity index (χ1n) is 7.18. The van der Waals surface area contributed by atoms with Crippen LogP contribution in [0.25, 0.3) is 0 Å². The van der Waals surface area contributed by atoms with E-state index in [0.717, 1.165) is 24.5 Å². The molecule has 1 heterocycles. The molecule has 0 spiro atoms. The Morgan fingerprint density at radius 3 is 2.83 bits per heavy atom. The molecule has 0 saturated heterocycles. The van der Waals surface area contributed by atoms with Crippen molar-refractivity contribution in [1.82, 2.24) is 0 Å². The third kappa shape index (κ3) is 3.08. The normalized spacial score (nSPS) is 18.7. The molecule has 118 valence electrons. The van der Waals surface area contributed by atoms with Gasteiger partial charge in [0.1, 0.15) is 18.0 Å². The molecule has 0 unspecified atom stereocenters. The largest absolute Gasteiger partial charge is 0.479 e. The lowest BCUT2D eigenvalue weighted by Crippen LogP contribution is -2.03. The number of hydrogen-bond acceptors (Lipinski definition) is 4. The van der Waals surface area contributed by atoms with E-state index in [0.29, 0.717) is 18.4 Å². The molecule has 4 nitrogen and oxygen atoms in total. The van der Waals surface area contributed by atoms with Crippen LogP contribution in [-0.2, 0) is 9.53 Å². The van der Waals surface area contributed by atoms with Gasteiger partial charge in [-0.2, -0.15) is 0 Å². The zero-order chi connectivity index (χ0) is 16.4. The number of aliphatic imine (C=N–C) groups is 1. The number of benzene rings is 1. The van der Waals surface area contributed by atoms with Crippen molar-refractivity contribution >= 4 is 29.2 Å². The van der Waals surface area contributed by atoms with Crippen LogP contribution < -0.4 is 4.74 Å². The van der Waals surface area contributed by atoms with Gasteiger partial charge in [-0.15, -0.1) is 6.42 Å². The van der Waals surface area contributed by atoms with E-state index in [-0.39, 0.29) is 29.0 Å². The summed E-state index contributed by atoms with van der Waals surface area (Å²) in [5.74, 6) is 1.68. The highest BCUT2D eigenvalue weighted by Crippen LogP contribution is 2.36. The second-order valence-electron chi connectivity index (χ2n) is 5.20. The summed E-state index contributed by atoms with van der Waals surface area (Å²) in [6, 6.07) is 2.44. The fourth-order valence-corrected chi connectivity index (χ4v) is 2.82. The number of cyclic esters (lactones) is 1. The minimum absolute atomic E-state index is 0.00561.